The molecule has 1 aromatic carbocycles. The minimum absolute atomic E-state index is 0.671. The Balaban J connectivity index is 2.21. The number of hydrogen-bond acceptors (Lipinski definition) is 2. The summed E-state index contributed by atoms with van der Waals surface area (Å²) in [5, 5.41) is 2.37. The highest BCUT2D eigenvalue weighted by Gasteiger charge is 2.04. The van der Waals surface area contributed by atoms with E-state index in [0.29, 0.717) is 5.92 Å². The molecule has 2 aromatic heterocycles. The molecule has 0 fully saturated rings. The molecule has 2 nitrogen and oxygen atoms in total. The van der Waals surface area contributed by atoms with Crippen LogP contribution in [0, 0.1) is 5.92 Å². The van der Waals surface area contributed by atoms with Crippen molar-refractivity contribution in [3.05, 3.63) is 48.3 Å². The molecule has 0 aliphatic rings. The Hall–Kier alpha value is -1.96. The van der Waals surface area contributed by atoms with E-state index in [1.807, 2.05) is 18.5 Å². The molecule has 2 heteroatoms. The van der Waals surface area contributed by atoms with Crippen LogP contribution in [0.3, 0.4) is 0 Å². The van der Waals surface area contributed by atoms with Crippen LogP contribution in [0.2, 0.25) is 0 Å². The van der Waals surface area contributed by atoms with E-state index in [0.717, 1.165) is 17.5 Å². The SMILES string of the molecule is CC(C)Cc1ccc2c(c1)ncc1ncccc12. The summed E-state index contributed by atoms with van der Waals surface area (Å²) in [5.74, 6) is 0.671. The maximum absolute atomic E-state index is 4.51. The van der Waals surface area contributed by atoms with Crippen molar-refractivity contribution in [1.82, 2.24) is 9.97 Å². The number of rotatable bonds is 2. The molecule has 0 aliphatic carbocycles. The predicted octanol–water partition coefficient (Wildman–Crippen LogP) is 3.98. The van der Waals surface area contributed by atoms with E-state index in [9.17, 15) is 0 Å². The topological polar surface area (TPSA) is 25.8 Å². The number of fused-ring (bicyclic) bond motifs is 3. The summed E-state index contributed by atoms with van der Waals surface area (Å²) in [7, 11) is 0. The van der Waals surface area contributed by atoms with Gasteiger partial charge in [0.15, 0.2) is 0 Å². The molecule has 3 aromatic rings. The Morgan fingerprint density at radius 1 is 1.00 bits per heavy atom. The van der Waals surface area contributed by atoms with Gasteiger partial charge in [-0.1, -0.05) is 32.0 Å². The largest absolute Gasteiger partial charge is 0.255 e. The van der Waals surface area contributed by atoms with Crippen molar-refractivity contribution in [3.63, 3.8) is 0 Å². The van der Waals surface area contributed by atoms with Gasteiger partial charge in [0.25, 0.3) is 0 Å². The Morgan fingerprint density at radius 2 is 1.83 bits per heavy atom. The van der Waals surface area contributed by atoms with E-state index < -0.39 is 0 Å². The summed E-state index contributed by atoms with van der Waals surface area (Å²) in [6, 6.07) is 10.7. The highest BCUT2D eigenvalue weighted by molar-refractivity contribution is 6.03. The first-order valence-corrected chi connectivity index (χ1v) is 6.36. The summed E-state index contributed by atoms with van der Waals surface area (Å²) >= 11 is 0. The molecule has 0 atom stereocenters. The Labute approximate surface area is 107 Å². The van der Waals surface area contributed by atoms with Crippen molar-refractivity contribution in [2.45, 2.75) is 20.3 Å². The van der Waals surface area contributed by atoms with E-state index in [1.165, 1.54) is 16.3 Å². The molecule has 0 amide bonds. The summed E-state index contributed by atoms with van der Waals surface area (Å²) in [5.41, 5.74) is 3.38. The van der Waals surface area contributed by atoms with Gasteiger partial charge in [0.1, 0.15) is 0 Å². The third-order valence-electron chi connectivity index (χ3n) is 3.16. The zero-order valence-corrected chi connectivity index (χ0v) is 10.7. The van der Waals surface area contributed by atoms with Crippen LogP contribution in [0.15, 0.2) is 42.7 Å². The van der Waals surface area contributed by atoms with Crippen LogP contribution in [-0.4, -0.2) is 9.97 Å². The van der Waals surface area contributed by atoms with Crippen LogP contribution in [0.5, 0.6) is 0 Å². The quantitative estimate of drug-likeness (QED) is 0.629. The summed E-state index contributed by atoms with van der Waals surface area (Å²) in [6.07, 6.45) is 4.77. The molecule has 0 aliphatic heterocycles. The Kier molecular flexibility index (Phi) is 2.71. The normalized spacial score (nSPS) is 11.5. The fourth-order valence-electron chi connectivity index (χ4n) is 2.39. The van der Waals surface area contributed by atoms with Gasteiger partial charge in [0, 0.05) is 17.0 Å². The van der Waals surface area contributed by atoms with Gasteiger partial charge in [0.2, 0.25) is 0 Å². The lowest BCUT2D eigenvalue weighted by Gasteiger charge is -2.07. The second-order valence-corrected chi connectivity index (χ2v) is 5.14. The van der Waals surface area contributed by atoms with Crippen molar-refractivity contribution in [1.29, 1.82) is 0 Å². The van der Waals surface area contributed by atoms with Crippen molar-refractivity contribution in [2.24, 2.45) is 5.92 Å². The van der Waals surface area contributed by atoms with Crippen molar-refractivity contribution in [3.8, 4) is 0 Å². The molecule has 0 bridgehead atoms. The molecule has 3 rings (SSSR count). The number of nitrogens with zero attached hydrogens (tertiary/aromatic N) is 2. The van der Waals surface area contributed by atoms with Crippen molar-refractivity contribution in [2.75, 3.05) is 0 Å². The lowest BCUT2D eigenvalue weighted by atomic mass is 10.0. The third kappa shape index (κ3) is 1.94. The van der Waals surface area contributed by atoms with Gasteiger partial charge in [-0.3, -0.25) is 9.97 Å². The van der Waals surface area contributed by atoms with Crippen LogP contribution in [0.4, 0.5) is 0 Å². The monoisotopic (exact) mass is 236 g/mol. The van der Waals surface area contributed by atoms with E-state index in [1.54, 1.807) is 0 Å². The highest BCUT2D eigenvalue weighted by Crippen LogP contribution is 2.23. The van der Waals surface area contributed by atoms with Gasteiger partial charge >= 0.3 is 0 Å². The van der Waals surface area contributed by atoms with Crippen LogP contribution in [0.25, 0.3) is 21.8 Å². The minimum atomic E-state index is 0.671. The molecule has 0 radical (unpaired) electrons. The fourth-order valence-corrected chi connectivity index (χ4v) is 2.39. The van der Waals surface area contributed by atoms with E-state index in [4.69, 9.17) is 0 Å². The number of pyridine rings is 2. The summed E-state index contributed by atoms with van der Waals surface area (Å²) < 4.78 is 0. The Bertz CT molecular complexity index is 702. The van der Waals surface area contributed by atoms with Crippen LogP contribution < -0.4 is 0 Å². The molecule has 0 N–H and O–H groups in total. The average molecular weight is 236 g/mol. The fraction of sp³-hybridized carbons (Fsp3) is 0.250. The van der Waals surface area contributed by atoms with Gasteiger partial charge < -0.3 is 0 Å². The van der Waals surface area contributed by atoms with E-state index in [2.05, 4.69) is 48.1 Å². The third-order valence-corrected chi connectivity index (χ3v) is 3.16. The smallest absolute Gasteiger partial charge is 0.0891 e. The first-order valence-electron chi connectivity index (χ1n) is 6.36. The zero-order chi connectivity index (χ0) is 12.5. The maximum atomic E-state index is 4.51. The zero-order valence-electron chi connectivity index (χ0n) is 10.7. The molecular weight excluding hydrogens is 220 g/mol. The Morgan fingerprint density at radius 3 is 2.67 bits per heavy atom. The highest BCUT2D eigenvalue weighted by atomic mass is 14.7. The maximum Gasteiger partial charge on any atom is 0.0891 e. The van der Waals surface area contributed by atoms with Gasteiger partial charge in [-0.05, 0) is 30.0 Å². The minimum Gasteiger partial charge on any atom is -0.255 e. The predicted molar refractivity (Wildman–Crippen MR) is 75.6 cm³/mol. The standard InChI is InChI=1S/C16H16N2/c1-11(2)8-12-5-6-14-13-4-3-7-17-16(13)10-18-15(14)9-12/h3-7,9-11H,8H2,1-2H3. The number of hydrogen-bond donors (Lipinski definition) is 0. The molecule has 0 saturated carbocycles. The van der Waals surface area contributed by atoms with Gasteiger partial charge in [-0.25, -0.2) is 0 Å². The van der Waals surface area contributed by atoms with Crippen LogP contribution in [-0.2, 0) is 6.42 Å². The second-order valence-electron chi connectivity index (χ2n) is 5.14. The second kappa shape index (κ2) is 4.37. The van der Waals surface area contributed by atoms with E-state index in [-0.39, 0.29) is 0 Å². The molecule has 18 heavy (non-hydrogen) atoms. The molecule has 0 saturated heterocycles. The van der Waals surface area contributed by atoms with E-state index >= 15 is 0 Å². The molecule has 0 unspecified atom stereocenters. The van der Waals surface area contributed by atoms with Gasteiger partial charge in [0.05, 0.1) is 17.2 Å². The lowest BCUT2D eigenvalue weighted by molar-refractivity contribution is 0.648. The summed E-state index contributed by atoms with van der Waals surface area (Å²) in [4.78, 5) is 8.85. The molecule has 90 valence electrons. The molecule has 0 spiro atoms. The number of aromatic nitrogens is 2. The average Bonchev–Trinajstić information content (AvgIpc) is 2.37. The van der Waals surface area contributed by atoms with Crippen molar-refractivity contribution >= 4 is 21.8 Å². The lowest BCUT2D eigenvalue weighted by Crippen LogP contribution is -1.94. The van der Waals surface area contributed by atoms with Crippen molar-refractivity contribution < 1.29 is 0 Å². The van der Waals surface area contributed by atoms with Crippen LogP contribution >= 0.6 is 0 Å². The first-order chi connectivity index (χ1) is 8.74. The number of benzene rings is 1. The van der Waals surface area contributed by atoms with Crippen LogP contribution in [0.1, 0.15) is 19.4 Å². The van der Waals surface area contributed by atoms with Gasteiger partial charge in [-0.2, -0.15) is 0 Å². The molecule has 2 heterocycles. The molecular formula is C16H16N2. The summed E-state index contributed by atoms with van der Waals surface area (Å²) in [6.45, 7) is 4.48. The first kappa shape index (κ1) is 11.1. The van der Waals surface area contributed by atoms with Gasteiger partial charge in [-0.15, -0.1) is 0 Å².